The number of rotatable bonds is 10. The maximum atomic E-state index is 12.2. The number of nitrogens with zero attached hydrogens (tertiary/aromatic N) is 2. The topological polar surface area (TPSA) is 58.1 Å². The number of hydrogen-bond donors (Lipinski definition) is 2. The molecular weight excluding hydrogens is 325 g/mol. The van der Waals surface area contributed by atoms with Crippen LogP contribution in [0.2, 0.25) is 0 Å². The molecule has 2 N–H and O–H groups in total. The van der Waals surface area contributed by atoms with E-state index in [1.807, 2.05) is 0 Å². The summed E-state index contributed by atoms with van der Waals surface area (Å²) < 4.78 is 47.6. The Morgan fingerprint density at radius 2 is 2.08 bits per heavy atom. The molecule has 0 spiro atoms. The molecule has 0 aromatic rings. The lowest BCUT2D eigenvalue weighted by molar-refractivity contribution is -0.142. The molecule has 1 saturated heterocycles. The van der Waals surface area contributed by atoms with Crippen LogP contribution in [-0.4, -0.2) is 83.2 Å². The van der Waals surface area contributed by atoms with Crippen LogP contribution in [0.15, 0.2) is 4.99 Å². The van der Waals surface area contributed by atoms with Crippen molar-refractivity contribution in [2.24, 2.45) is 4.99 Å². The first-order valence-electron chi connectivity index (χ1n) is 8.30. The Kier molecular flexibility index (Phi) is 10.0. The second-order valence-corrected chi connectivity index (χ2v) is 5.84. The fourth-order valence-corrected chi connectivity index (χ4v) is 2.34. The molecule has 0 aromatic carbocycles. The van der Waals surface area contributed by atoms with Crippen molar-refractivity contribution in [3.63, 3.8) is 0 Å². The summed E-state index contributed by atoms with van der Waals surface area (Å²) >= 11 is 0. The third-order valence-corrected chi connectivity index (χ3v) is 3.54. The molecule has 0 amide bonds. The van der Waals surface area contributed by atoms with Crippen molar-refractivity contribution in [1.29, 1.82) is 0 Å². The number of ether oxygens (including phenoxy) is 2. The van der Waals surface area contributed by atoms with Gasteiger partial charge in [0, 0.05) is 39.9 Å². The Bertz CT molecular complexity index is 361. The molecule has 1 fully saturated rings. The Hall–Kier alpha value is -1.06. The van der Waals surface area contributed by atoms with Crippen molar-refractivity contribution >= 4 is 5.96 Å². The normalized spacial score (nSPS) is 19.1. The standard InChI is InChI=1S/C15H29F3N4O2/c1-19-14(21-7-8-22(2)12-15(16,17)18)20-6-4-9-23-11-13-5-3-10-24-13/h13H,3-12H2,1-2H3,(H2,19,20,21). The lowest BCUT2D eigenvalue weighted by Gasteiger charge is -2.19. The van der Waals surface area contributed by atoms with Gasteiger partial charge in [-0.1, -0.05) is 0 Å². The lowest BCUT2D eigenvalue weighted by Crippen LogP contribution is -2.42. The first-order valence-corrected chi connectivity index (χ1v) is 8.30. The van der Waals surface area contributed by atoms with E-state index in [0.29, 0.717) is 32.3 Å². The number of likely N-dealkylation sites (N-methyl/N-ethyl adjacent to an activating group) is 1. The molecule has 142 valence electrons. The lowest BCUT2D eigenvalue weighted by atomic mass is 10.2. The third-order valence-electron chi connectivity index (χ3n) is 3.54. The summed E-state index contributed by atoms with van der Waals surface area (Å²) in [5.74, 6) is 0.578. The predicted molar refractivity (Wildman–Crippen MR) is 87.3 cm³/mol. The van der Waals surface area contributed by atoms with E-state index in [1.165, 1.54) is 11.9 Å². The highest BCUT2D eigenvalue weighted by molar-refractivity contribution is 5.79. The van der Waals surface area contributed by atoms with Gasteiger partial charge in [0.05, 0.1) is 19.3 Å². The van der Waals surface area contributed by atoms with Gasteiger partial charge in [0.25, 0.3) is 0 Å². The van der Waals surface area contributed by atoms with Crippen molar-refractivity contribution < 1.29 is 22.6 Å². The van der Waals surface area contributed by atoms with E-state index in [2.05, 4.69) is 15.6 Å². The Morgan fingerprint density at radius 1 is 1.33 bits per heavy atom. The Balaban J connectivity index is 1.99. The van der Waals surface area contributed by atoms with Gasteiger partial charge in [0.1, 0.15) is 0 Å². The van der Waals surface area contributed by atoms with Crippen molar-refractivity contribution in [2.75, 3.05) is 60.1 Å². The van der Waals surface area contributed by atoms with E-state index in [4.69, 9.17) is 9.47 Å². The van der Waals surface area contributed by atoms with E-state index in [-0.39, 0.29) is 12.6 Å². The number of halogens is 3. The van der Waals surface area contributed by atoms with Crippen LogP contribution in [0.3, 0.4) is 0 Å². The van der Waals surface area contributed by atoms with Crippen LogP contribution >= 0.6 is 0 Å². The Labute approximate surface area is 141 Å². The van der Waals surface area contributed by atoms with Crippen molar-refractivity contribution in [2.45, 2.75) is 31.5 Å². The van der Waals surface area contributed by atoms with E-state index in [0.717, 1.165) is 25.9 Å². The molecule has 1 heterocycles. The molecule has 9 heteroatoms. The van der Waals surface area contributed by atoms with Crippen LogP contribution in [0.4, 0.5) is 13.2 Å². The van der Waals surface area contributed by atoms with Gasteiger partial charge in [-0.2, -0.15) is 13.2 Å². The first-order chi connectivity index (χ1) is 11.4. The number of hydrogen-bond acceptors (Lipinski definition) is 4. The molecule has 0 aromatic heterocycles. The molecule has 1 atom stereocenters. The molecule has 1 aliphatic rings. The van der Waals surface area contributed by atoms with Gasteiger partial charge in [-0.05, 0) is 26.3 Å². The summed E-state index contributed by atoms with van der Waals surface area (Å²) in [6.45, 7) is 2.55. The summed E-state index contributed by atoms with van der Waals surface area (Å²) in [7, 11) is 3.07. The van der Waals surface area contributed by atoms with Crippen LogP contribution in [0.5, 0.6) is 0 Å². The number of aliphatic imine (C=N–C) groups is 1. The van der Waals surface area contributed by atoms with E-state index >= 15 is 0 Å². The fourth-order valence-electron chi connectivity index (χ4n) is 2.34. The number of guanidine groups is 1. The molecule has 0 bridgehead atoms. The van der Waals surface area contributed by atoms with E-state index < -0.39 is 12.7 Å². The number of alkyl halides is 3. The van der Waals surface area contributed by atoms with Gasteiger partial charge >= 0.3 is 6.18 Å². The largest absolute Gasteiger partial charge is 0.401 e. The highest BCUT2D eigenvalue weighted by Gasteiger charge is 2.28. The molecule has 1 rings (SSSR count). The molecular formula is C15H29F3N4O2. The maximum Gasteiger partial charge on any atom is 0.401 e. The van der Waals surface area contributed by atoms with Crippen LogP contribution in [0.1, 0.15) is 19.3 Å². The second kappa shape index (κ2) is 11.5. The molecule has 6 nitrogen and oxygen atoms in total. The maximum absolute atomic E-state index is 12.2. The average molecular weight is 354 g/mol. The molecule has 0 saturated carbocycles. The van der Waals surface area contributed by atoms with Gasteiger partial charge < -0.3 is 20.1 Å². The van der Waals surface area contributed by atoms with Gasteiger partial charge in [-0.15, -0.1) is 0 Å². The van der Waals surface area contributed by atoms with E-state index in [9.17, 15) is 13.2 Å². The van der Waals surface area contributed by atoms with Gasteiger partial charge in [-0.3, -0.25) is 9.89 Å². The summed E-state index contributed by atoms with van der Waals surface area (Å²) in [4.78, 5) is 5.25. The predicted octanol–water partition coefficient (Wildman–Crippen LogP) is 1.23. The van der Waals surface area contributed by atoms with Gasteiger partial charge in [0.2, 0.25) is 0 Å². The third kappa shape index (κ3) is 10.7. The first kappa shape index (κ1) is 21.0. The minimum atomic E-state index is -4.17. The van der Waals surface area contributed by atoms with Crippen LogP contribution in [-0.2, 0) is 9.47 Å². The highest BCUT2D eigenvalue weighted by atomic mass is 19.4. The van der Waals surface area contributed by atoms with Crippen LogP contribution < -0.4 is 10.6 Å². The summed E-state index contributed by atoms with van der Waals surface area (Å²) in [6, 6.07) is 0. The van der Waals surface area contributed by atoms with Crippen LogP contribution in [0.25, 0.3) is 0 Å². The van der Waals surface area contributed by atoms with Crippen molar-refractivity contribution in [3.8, 4) is 0 Å². The molecule has 0 radical (unpaired) electrons. The summed E-state index contributed by atoms with van der Waals surface area (Å²) in [5.41, 5.74) is 0. The monoisotopic (exact) mass is 354 g/mol. The zero-order chi connectivity index (χ0) is 17.8. The quantitative estimate of drug-likeness (QED) is 0.351. The summed E-state index contributed by atoms with van der Waals surface area (Å²) in [6.07, 6.45) is -0.937. The van der Waals surface area contributed by atoms with E-state index in [1.54, 1.807) is 7.05 Å². The highest BCUT2D eigenvalue weighted by Crippen LogP contribution is 2.15. The average Bonchev–Trinajstić information content (AvgIpc) is 3.00. The molecule has 1 unspecified atom stereocenters. The SMILES string of the molecule is CN=C(NCCCOCC1CCCO1)NCCN(C)CC(F)(F)F. The van der Waals surface area contributed by atoms with Gasteiger partial charge in [0.15, 0.2) is 5.96 Å². The fraction of sp³-hybridized carbons (Fsp3) is 0.933. The Morgan fingerprint density at radius 3 is 2.71 bits per heavy atom. The second-order valence-electron chi connectivity index (χ2n) is 5.84. The summed E-state index contributed by atoms with van der Waals surface area (Å²) in [5, 5.41) is 6.10. The zero-order valence-corrected chi connectivity index (χ0v) is 14.5. The smallest absolute Gasteiger partial charge is 0.379 e. The van der Waals surface area contributed by atoms with Crippen LogP contribution in [0, 0.1) is 0 Å². The van der Waals surface area contributed by atoms with Crippen molar-refractivity contribution in [1.82, 2.24) is 15.5 Å². The van der Waals surface area contributed by atoms with Crippen molar-refractivity contribution in [3.05, 3.63) is 0 Å². The minimum Gasteiger partial charge on any atom is -0.379 e. The molecule has 0 aliphatic carbocycles. The minimum absolute atomic E-state index is 0.237. The number of nitrogens with one attached hydrogen (secondary N) is 2. The molecule has 1 aliphatic heterocycles. The molecule has 24 heavy (non-hydrogen) atoms. The zero-order valence-electron chi connectivity index (χ0n) is 14.5. The van der Waals surface area contributed by atoms with Gasteiger partial charge in [-0.25, -0.2) is 0 Å².